The lowest BCUT2D eigenvalue weighted by Gasteiger charge is -2.34. The maximum atomic E-state index is 11.7. The molecule has 0 saturated carbocycles. The van der Waals surface area contributed by atoms with Crippen LogP contribution in [0.2, 0.25) is 0 Å². The van der Waals surface area contributed by atoms with Crippen molar-refractivity contribution in [2.75, 3.05) is 33.7 Å². The molecule has 1 heterocycles. The molecule has 1 fully saturated rings. The predicted octanol–water partition coefficient (Wildman–Crippen LogP) is 1.30. The minimum atomic E-state index is 0.123. The highest BCUT2D eigenvalue weighted by Crippen LogP contribution is 2.11. The lowest BCUT2D eigenvalue weighted by molar-refractivity contribution is 0.153. The molecular weight excluding hydrogens is 202 g/mol. The second-order valence-corrected chi connectivity index (χ2v) is 4.78. The van der Waals surface area contributed by atoms with E-state index in [1.165, 1.54) is 0 Å². The number of rotatable bonds is 3. The summed E-state index contributed by atoms with van der Waals surface area (Å²) in [5.41, 5.74) is 1.16. The van der Waals surface area contributed by atoms with Gasteiger partial charge in [0.25, 0.3) is 0 Å². The fourth-order valence-electron chi connectivity index (χ4n) is 1.88. The van der Waals surface area contributed by atoms with Gasteiger partial charge in [0, 0.05) is 39.8 Å². The molecule has 0 bridgehead atoms. The Hall–Kier alpha value is -1.03. The Kier molecular flexibility index (Phi) is 4.80. The molecule has 0 radical (unpaired) electrons. The zero-order valence-corrected chi connectivity index (χ0v) is 10.6. The average molecular weight is 225 g/mol. The van der Waals surface area contributed by atoms with Crippen LogP contribution < -0.4 is 5.32 Å². The van der Waals surface area contributed by atoms with Gasteiger partial charge in [0.2, 0.25) is 0 Å². The van der Waals surface area contributed by atoms with Gasteiger partial charge in [-0.1, -0.05) is 12.2 Å². The van der Waals surface area contributed by atoms with E-state index in [1.807, 2.05) is 11.8 Å². The zero-order chi connectivity index (χ0) is 12.1. The first-order chi connectivity index (χ1) is 7.50. The number of carbonyl (C=O) groups excluding carboxylic acids is 1. The highest BCUT2D eigenvalue weighted by molar-refractivity contribution is 5.73. The Bertz CT molecular complexity index is 255. The summed E-state index contributed by atoms with van der Waals surface area (Å²) in [6.07, 6.45) is 2.07. The van der Waals surface area contributed by atoms with Crippen LogP contribution in [0.15, 0.2) is 12.2 Å². The molecule has 0 atom stereocenters. The van der Waals surface area contributed by atoms with Gasteiger partial charge in [-0.25, -0.2) is 4.79 Å². The summed E-state index contributed by atoms with van der Waals surface area (Å²) in [6.45, 7) is 8.48. The number of amides is 2. The van der Waals surface area contributed by atoms with Crippen LogP contribution in [-0.4, -0.2) is 55.6 Å². The Morgan fingerprint density at radius 3 is 2.44 bits per heavy atom. The van der Waals surface area contributed by atoms with E-state index in [2.05, 4.69) is 11.9 Å². The number of likely N-dealkylation sites (tertiary alicyclic amines) is 1. The zero-order valence-electron chi connectivity index (χ0n) is 10.6. The molecule has 4 nitrogen and oxygen atoms in total. The standard InChI is InChI=1S/C12H23N3O/c1-10(2)9-13-11-5-7-15(8-6-11)12(16)14(3)4/h11,13H,1,5-9H2,2-4H3. The summed E-state index contributed by atoms with van der Waals surface area (Å²) >= 11 is 0. The quantitative estimate of drug-likeness (QED) is 0.735. The van der Waals surface area contributed by atoms with Gasteiger partial charge in [0.05, 0.1) is 0 Å². The molecule has 1 aliphatic rings. The number of urea groups is 1. The van der Waals surface area contributed by atoms with Crippen LogP contribution in [-0.2, 0) is 0 Å². The van der Waals surface area contributed by atoms with Gasteiger partial charge < -0.3 is 15.1 Å². The summed E-state index contributed by atoms with van der Waals surface area (Å²) in [4.78, 5) is 15.2. The number of nitrogens with zero attached hydrogens (tertiary/aromatic N) is 2. The lowest BCUT2D eigenvalue weighted by atomic mass is 10.1. The normalized spacial score (nSPS) is 17.3. The molecule has 0 aliphatic carbocycles. The van der Waals surface area contributed by atoms with E-state index in [1.54, 1.807) is 19.0 Å². The van der Waals surface area contributed by atoms with Crippen molar-refractivity contribution in [2.45, 2.75) is 25.8 Å². The third kappa shape index (κ3) is 3.85. The van der Waals surface area contributed by atoms with E-state index in [9.17, 15) is 4.79 Å². The first-order valence-electron chi connectivity index (χ1n) is 5.84. The van der Waals surface area contributed by atoms with Gasteiger partial charge in [0.1, 0.15) is 0 Å². The van der Waals surface area contributed by atoms with Crippen molar-refractivity contribution < 1.29 is 4.79 Å². The Balaban J connectivity index is 2.28. The smallest absolute Gasteiger partial charge is 0.319 e. The summed E-state index contributed by atoms with van der Waals surface area (Å²) in [5.74, 6) is 0. The van der Waals surface area contributed by atoms with Crippen molar-refractivity contribution >= 4 is 6.03 Å². The van der Waals surface area contributed by atoms with Crippen LogP contribution >= 0.6 is 0 Å². The van der Waals surface area contributed by atoms with Crippen LogP contribution in [0.3, 0.4) is 0 Å². The van der Waals surface area contributed by atoms with Crippen molar-refractivity contribution in [1.29, 1.82) is 0 Å². The SMILES string of the molecule is C=C(C)CNC1CCN(C(=O)N(C)C)CC1. The lowest BCUT2D eigenvalue weighted by Crippen LogP contribution is -2.48. The largest absolute Gasteiger partial charge is 0.331 e. The van der Waals surface area contributed by atoms with Gasteiger partial charge in [-0.05, 0) is 19.8 Å². The highest BCUT2D eigenvalue weighted by atomic mass is 16.2. The van der Waals surface area contributed by atoms with Crippen LogP contribution in [0.4, 0.5) is 4.79 Å². The van der Waals surface area contributed by atoms with Crippen molar-refractivity contribution in [3.8, 4) is 0 Å². The molecule has 16 heavy (non-hydrogen) atoms. The van der Waals surface area contributed by atoms with E-state index in [0.717, 1.165) is 38.0 Å². The molecule has 4 heteroatoms. The fraction of sp³-hybridized carbons (Fsp3) is 0.750. The van der Waals surface area contributed by atoms with Crippen LogP contribution in [0.5, 0.6) is 0 Å². The van der Waals surface area contributed by atoms with Gasteiger partial charge in [-0.2, -0.15) is 0 Å². The summed E-state index contributed by atoms with van der Waals surface area (Å²) in [5, 5.41) is 3.46. The van der Waals surface area contributed by atoms with Crippen LogP contribution in [0.25, 0.3) is 0 Å². The average Bonchev–Trinajstić information content (AvgIpc) is 2.26. The summed E-state index contributed by atoms with van der Waals surface area (Å²) < 4.78 is 0. The molecule has 1 aliphatic heterocycles. The first kappa shape index (κ1) is 13.0. The van der Waals surface area contributed by atoms with Crippen molar-refractivity contribution in [3.63, 3.8) is 0 Å². The second-order valence-electron chi connectivity index (χ2n) is 4.78. The van der Waals surface area contributed by atoms with Crippen molar-refractivity contribution in [2.24, 2.45) is 0 Å². The number of carbonyl (C=O) groups is 1. The van der Waals surface area contributed by atoms with Crippen molar-refractivity contribution in [3.05, 3.63) is 12.2 Å². The fourth-order valence-corrected chi connectivity index (χ4v) is 1.88. The highest BCUT2D eigenvalue weighted by Gasteiger charge is 2.22. The molecule has 0 unspecified atom stereocenters. The maximum Gasteiger partial charge on any atom is 0.319 e. The number of nitrogens with one attached hydrogen (secondary N) is 1. The second kappa shape index (κ2) is 5.89. The molecule has 1 saturated heterocycles. The summed E-state index contributed by atoms with van der Waals surface area (Å²) in [7, 11) is 3.60. The predicted molar refractivity (Wildman–Crippen MR) is 66.5 cm³/mol. The minimum Gasteiger partial charge on any atom is -0.331 e. The molecule has 2 amide bonds. The Labute approximate surface area is 98.3 Å². The topological polar surface area (TPSA) is 35.6 Å². The molecule has 92 valence electrons. The van der Waals surface area contributed by atoms with Gasteiger partial charge >= 0.3 is 6.03 Å². The Morgan fingerprint density at radius 2 is 2.00 bits per heavy atom. The molecule has 0 aromatic heterocycles. The molecule has 0 aromatic carbocycles. The molecule has 1 rings (SSSR count). The van der Waals surface area contributed by atoms with Crippen LogP contribution in [0, 0.1) is 0 Å². The first-order valence-corrected chi connectivity index (χ1v) is 5.84. The van der Waals surface area contributed by atoms with Crippen LogP contribution in [0.1, 0.15) is 19.8 Å². The number of hydrogen-bond donors (Lipinski definition) is 1. The molecule has 1 N–H and O–H groups in total. The molecular formula is C12H23N3O. The minimum absolute atomic E-state index is 0.123. The Morgan fingerprint density at radius 1 is 1.44 bits per heavy atom. The van der Waals surface area contributed by atoms with E-state index in [-0.39, 0.29) is 6.03 Å². The third-order valence-corrected chi connectivity index (χ3v) is 2.84. The summed E-state index contributed by atoms with van der Waals surface area (Å²) in [6, 6.07) is 0.654. The van der Waals surface area contributed by atoms with Gasteiger partial charge in [-0.15, -0.1) is 0 Å². The van der Waals surface area contributed by atoms with Crippen molar-refractivity contribution in [1.82, 2.24) is 15.1 Å². The number of hydrogen-bond acceptors (Lipinski definition) is 2. The molecule has 0 spiro atoms. The monoisotopic (exact) mass is 225 g/mol. The van der Waals surface area contributed by atoms with E-state index in [4.69, 9.17) is 0 Å². The number of piperidine rings is 1. The molecule has 0 aromatic rings. The van der Waals surface area contributed by atoms with E-state index < -0.39 is 0 Å². The van der Waals surface area contributed by atoms with E-state index in [0.29, 0.717) is 6.04 Å². The van der Waals surface area contributed by atoms with E-state index >= 15 is 0 Å². The third-order valence-electron chi connectivity index (χ3n) is 2.84. The maximum absolute atomic E-state index is 11.7. The van der Waals surface area contributed by atoms with Gasteiger partial charge in [-0.3, -0.25) is 0 Å². The van der Waals surface area contributed by atoms with Gasteiger partial charge in [0.15, 0.2) is 0 Å².